The summed E-state index contributed by atoms with van der Waals surface area (Å²) in [7, 11) is -1.14. The van der Waals surface area contributed by atoms with Gasteiger partial charge >= 0.3 is 0 Å². The van der Waals surface area contributed by atoms with Gasteiger partial charge in [-0.2, -0.15) is 0 Å². The van der Waals surface area contributed by atoms with E-state index in [1.165, 1.54) is 17.0 Å². The van der Waals surface area contributed by atoms with Crippen molar-refractivity contribution in [2.75, 3.05) is 0 Å². The van der Waals surface area contributed by atoms with E-state index < -0.39 is 25.4 Å². The number of hydrogen-bond donors (Lipinski definition) is 0. The second-order valence-corrected chi connectivity index (χ2v) is 7.93. The topological polar surface area (TPSA) is 17.8 Å². The van der Waals surface area contributed by atoms with Crippen molar-refractivity contribution >= 4 is 24.1 Å². The molecule has 3 aromatic carbocycles. The molecule has 0 bridgehead atoms. The van der Waals surface area contributed by atoms with E-state index in [2.05, 4.69) is 4.98 Å². The van der Waals surface area contributed by atoms with E-state index in [0.29, 0.717) is 11.6 Å². The molecular weight excluding hydrogens is 368 g/mol. The van der Waals surface area contributed by atoms with Crippen molar-refractivity contribution < 1.29 is 13.2 Å². The number of hydrogen-bond acceptors (Lipinski definition) is 1. The van der Waals surface area contributed by atoms with Crippen LogP contribution in [0.3, 0.4) is 0 Å². The maximum Gasteiger partial charge on any atom is 0.183 e. The maximum atomic E-state index is 14.4. The zero-order chi connectivity index (χ0) is 18.8. The van der Waals surface area contributed by atoms with Crippen LogP contribution in [0.5, 0.6) is 0 Å². The number of imidazole rings is 1. The highest BCUT2D eigenvalue weighted by Crippen LogP contribution is 2.33. The first kappa shape index (κ1) is 17.5. The highest BCUT2D eigenvalue weighted by Gasteiger charge is 2.24. The van der Waals surface area contributed by atoms with Gasteiger partial charge in [0, 0.05) is 32.4 Å². The van der Waals surface area contributed by atoms with Crippen LogP contribution >= 0.6 is 7.92 Å². The highest BCUT2D eigenvalue weighted by molar-refractivity contribution is 7.79. The third-order valence-electron chi connectivity index (χ3n) is 4.08. The van der Waals surface area contributed by atoms with Gasteiger partial charge in [-0.05, 0) is 10.6 Å². The Hall–Kier alpha value is -2.91. The first-order chi connectivity index (χ1) is 13.1. The van der Waals surface area contributed by atoms with Gasteiger partial charge in [-0.15, -0.1) is 0 Å². The van der Waals surface area contributed by atoms with E-state index in [4.69, 9.17) is 0 Å². The lowest BCUT2D eigenvalue weighted by atomic mass is 10.3. The summed E-state index contributed by atoms with van der Waals surface area (Å²) in [6.45, 7) is 0. The van der Waals surface area contributed by atoms with Crippen molar-refractivity contribution in [3.8, 4) is 5.69 Å². The minimum atomic E-state index is -1.23. The summed E-state index contributed by atoms with van der Waals surface area (Å²) >= 11 is 0. The Balaban J connectivity index is 1.93. The quantitative estimate of drug-likeness (QED) is 0.385. The molecule has 134 valence electrons. The summed E-state index contributed by atoms with van der Waals surface area (Å²) in [5.41, 5.74) is 0.339. The molecule has 0 spiro atoms. The molecule has 2 nitrogen and oxygen atoms in total. The Kier molecular flexibility index (Phi) is 4.78. The third-order valence-corrected chi connectivity index (χ3v) is 6.44. The average molecular weight is 382 g/mol. The SMILES string of the molecule is Fc1cc(F)c(F)c(-n2ccnc2P(c2ccccc2)c2ccccc2)c1. The summed E-state index contributed by atoms with van der Waals surface area (Å²) in [5, 5.41) is 2.01. The molecule has 27 heavy (non-hydrogen) atoms. The fraction of sp³-hybridized carbons (Fsp3) is 0. The van der Waals surface area contributed by atoms with Crippen molar-refractivity contribution in [3.63, 3.8) is 0 Å². The van der Waals surface area contributed by atoms with Crippen LogP contribution in [0.4, 0.5) is 13.2 Å². The predicted molar refractivity (Wildman–Crippen MR) is 102 cm³/mol. The van der Waals surface area contributed by atoms with Crippen LogP contribution in [0.15, 0.2) is 85.2 Å². The number of nitrogens with zero attached hydrogens (tertiary/aromatic N) is 2. The van der Waals surface area contributed by atoms with E-state index in [-0.39, 0.29) is 5.69 Å². The lowest BCUT2D eigenvalue weighted by molar-refractivity contribution is 0.491. The second-order valence-electron chi connectivity index (χ2n) is 5.82. The van der Waals surface area contributed by atoms with Gasteiger partial charge in [-0.25, -0.2) is 18.2 Å². The van der Waals surface area contributed by atoms with Crippen LogP contribution in [-0.2, 0) is 0 Å². The van der Waals surface area contributed by atoms with Gasteiger partial charge in [-0.1, -0.05) is 60.7 Å². The van der Waals surface area contributed by atoms with Crippen molar-refractivity contribution in [1.29, 1.82) is 0 Å². The first-order valence-corrected chi connectivity index (χ1v) is 9.58. The molecule has 0 radical (unpaired) electrons. The molecule has 0 fully saturated rings. The van der Waals surface area contributed by atoms with Crippen LogP contribution in [0, 0.1) is 17.5 Å². The molecule has 0 amide bonds. The summed E-state index contributed by atoms with van der Waals surface area (Å²) in [6.07, 6.45) is 3.03. The molecule has 1 heterocycles. The molecule has 4 rings (SSSR count). The molecular formula is C21H14F3N2P. The molecule has 0 saturated heterocycles. The van der Waals surface area contributed by atoms with Gasteiger partial charge in [0.05, 0.1) is 5.69 Å². The van der Waals surface area contributed by atoms with Gasteiger partial charge in [0.1, 0.15) is 11.4 Å². The van der Waals surface area contributed by atoms with E-state index in [1.807, 2.05) is 60.7 Å². The lowest BCUT2D eigenvalue weighted by Crippen LogP contribution is -2.27. The Bertz CT molecular complexity index is 1030. The van der Waals surface area contributed by atoms with E-state index in [9.17, 15) is 13.2 Å². The Labute approximate surface area is 155 Å². The Morgan fingerprint density at radius 1 is 0.778 bits per heavy atom. The van der Waals surface area contributed by atoms with Crippen LogP contribution in [0.25, 0.3) is 5.69 Å². The van der Waals surface area contributed by atoms with E-state index in [1.54, 1.807) is 0 Å². The molecule has 0 aliphatic heterocycles. The molecule has 0 atom stereocenters. The Morgan fingerprint density at radius 3 is 1.96 bits per heavy atom. The van der Waals surface area contributed by atoms with Gasteiger partial charge in [-0.3, -0.25) is 4.57 Å². The largest absolute Gasteiger partial charge is 0.296 e. The molecule has 0 N–H and O–H groups in total. The highest BCUT2D eigenvalue weighted by atomic mass is 31.1. The van der Waals surface area contributed by atoms with Crippen molar-refractivity contribution in [2.45, 2.75) is 0 Å². The van der Waals surface area contributed by atoms with Crippen LogP contribution in [0.1, 0.15) is 0 Å². The van der Waals surface area contributed by atoms with Gasteiger partial charge in [0.2, 0.25) is 0 Å². The fourth-order valence-electron chi connectivity index (χ4n) is 2.90. The zero-order valence-electron chi connectivity index (χ0n) is 14.1. The van der Waals surface area contributed by atoms with E-state index in [0.717, 1.165) is 16.7 Å². The van der Waals surface area contributed by atoms with Crippen molar-refractivity contribution in [2.24, 2.45) is 0 Å². The minimum absolute atomic E-state index is 0.195. The van der Waals surface area contributed by atoms with Gasteiger partial charge in [0.25, 0.3) is 0 Å². The molecule has 0 saturated carbocycles. The molecule has 0 aliphatic rings. The standard InChI is InChI=1S/C21H14F3N2P/c22-15-13-18(23)20(24)19(14-15)26-12-11-25-21(26)27(16-7-3-1-4-8-16)17-9-5-2-6-10-17/h1-14H. The van der Waals surface area contributed by atoms with Crippen molar-refractivity contribution in [3.05, 3.63) is 103 Å². The first-order valence-electron chi connectivity index (χ1n) is 8.23. The molecule has 4 aromatic rings. The third kappa shape index (κ3) is 3.38. The smallest absolute Gasteiger partial charge is 0.183 e. The fourth-order valence-corrected chi connectivity index (χ4v) is 5.17. The van der Waals surface area contributed by atoms with Gasteiger partial charge < -0.3 is 0 Å². The van der Waals surface area contributed by atoms with Crippen LogP contribution in [-0.4, -0.2) is 9.55 Å². The van der Waals surface area contributed by atoms with Gasteiger partial charge in [0.15, 0.2) is 11.6 Å². The van der Waals surface area contributed by atoms with Crippen LogP contribution < -0.4 is 16.2 Å². The Morgan fingerprint density at radius 2 is 1.37 bits per heavy atom. The normalized spacial score (nSPS) is 11.1. The summed E-state index contributed by atoms with van der Waals surface area (Å²) in [5.74, 6) is -3.17. The molecule has 6 heteroatoms. The summed E-state index contributed by atoms with van der Waals surface area (Å²) < 4.78 is 43.3. The summed E-state index contributed by atoms with van der Waals surface area (Å²) in [4.78, 5) is 4.43. The molecule has 0 aliphatic carbocycles. The summed E-state index contributed by atoms with van der Waals surface area (Å²) in [6, 6.07) is 20.9. The van der Waals surface area contributed by atoms with Crippen LogP contribution in [0.2, 0.25) is 0 Å². The molecule has 0 unspecified atom stereocenters. The molecule has 1 aromatic heterocycles. The minimum Gasteiger partial charge on any atom is -0.296 e. The predicted octanol–water partition coefficient (Wildman–Crippen LogP) is 4.05. The maximum absolute atomic E-state index is 14.4. The van der Waals surface area contributed by atoms with Crippen molar-refractivity contribution in [1.82, 2.24) is 9.55 Å². The zero-order valence-corrected chi connectivity index (χ0v) is 15.0. The number of benzene rings is 3. The second kappa shape index (κ2) is 7.37. The van der Waals surface area contributed by atoms with E-state index >= 15 is 0 Å². The monoisotopic (exact) mass is 382 g/mol. The number of rotatable bonds is 4. The number of aromatic nitrogens is 2. The number of halogens is 3. The average Bonchev–Trinajstić information content (AvgIpc) is 3.16. The lowest BCUT2D eigenvalue weighted by Gasteiger charge is -2.20.